The summed E-state index contributed by atoms with van der Waals surface area (Å²) in [6, 6.07) is 0. The van der Waals surface area contributed by atoms with Gasteiger partial charge in [0.25, 0.3) is 0 Å². The van der Waals surface area contributed by atoms with Crippen LogP contribution < -0.4 is 0 Å². The molecule has 0 N–H and O–H groups in total. The lowest BCUT2D eigenvalue weighted by molar-refractivity contribution is -0.0964. The Kier molecular flexibility index (Phi) is 1.28. The van der Waals surface area contributed by atoms with Crippen molar-refractivity contribution >= 4 is 0 Å². The standard InChI is InChI=1S/C9H9F3/c1-8-4-2-3-6(7(8)5-8)9(10,11)12/h2-4,7H,5H2,1H3. The van der Waals surface area contributed by atoms with Gasteiger partial charge < -0.3 is 0 Å². The zero-order valence-electron chi connectivity index (χ0n) is 6.65. The summed E-state index contributed by atoms with van der Waals surface area (Å²) >= 11 is 0. The summed E-state index contributed by atoms with van der Waals surface area (Å²) in [5, 5.41) is 0. The SMILES string of the molecule is CC12C=CC=C(C(F)(F)F)C1C2. The van der Waals surface area contributed by atoms with E-state index in [1.54, 1.807) is 0 Å². The lowest BCUT2D eigenvalue weighted by Crippen LogP contribution is -2.17. The van der Waals surface area contributed by atoms with E-state index < -0.39 is 6.18 Å². The summed E-state index contributed by atoms with van der Waals surface area (Å²) < 4.78 is 36.9. The van der Waals surface area contributed by atoms with Crippen molar-refractivity contribution in [3.63, 3.8) is 0 Å². The molecule has 2 rings (SSSR count). The highest BCUT2D eigenvalue weighted by molar-refractivity contribution is 5.37. The van der Waals surface area contributed by atoms with Crippen molar-refractivity contribution in [3.05, 3.63) is 23.8 Å². The van der Waals surface area contributed by atoms with Gasteiger partial charge in [-0.2, -0.15) is 13.2 Å². The highest BCUT2D eigenvalue weighted by Gasteiger charge is 2.57. The summed E-state index contributed by atoms with van der Waals surface area (Å²) in [6.45, 7) is 1.87. The predicted molar refractivity (Wildman–Crippen MR) is 39.5 cm³/mol. The van der Waals surface area contributed by atoms with Gasteiger partial charge in [-0.15, -0.1) is 0 Å². The Bertz CT molecular complexity index is 272. The highest BCUT2D eigenvalue weighted by Crippen LogP contribution is 2.61. The topological polar surface area (TPSA) is 0 Å². The van der Waals surface area contributed by atoms with Crippen LogP contribution in [-0.2, 0) is 0 Å². The van der Waals surface area contributed by atoms with Crippen molar-refractivity contribution in [1.29, 1.82) is 0 Å². The molecule has 2 aliphatic carbocycles. The fourth-order valence-corrected chi connectivity index (χ4v) is 1.81. The first-order valence-corrected chi connectivity index (χ1v) is 3.90. The van der Waals surface area contributed by atoms with E-state index in [9.17, 15) is 13.2 Å². The van der Waals surface area contributed by atoms with Crippen molar-refractivity contribution in [2.24, 2.45) is 11.3 Å². The Morgan fingerprint density at radius 1 is 1.50 bits per heavy atom. The molecule has 66 valence electrons. The second-order valence-electron chi connectivity index (χ2n) is 3.74. The van der Waals surface area contributed by atoms with E-state index in [0.717, 1.165) is 0 Å². The molecule has 0 aromatic rings. The Hall–Kier alpha value is -0.730. The third-order valence-corrected chi connectivity index (χ3v) is 2.74. The van der Waals surface area contributed by atoms with Crippen molar-refractivity contribution < 1.29 is 13.2 Å². The van der Waals surface area contributed by atoms with Crippen LogP contribution >= 0.6 is 0 Å². The molecule has 12 heavy (non-hydrogen) atoms. The molecule has 2 aliphatic rings. The molecule has 0 bridgehead atoms. The molecular weight excluding hydrogens is 165 g/mol. The fraction of sp³-hybridized carbons (Fsp3) is 0.556. The largest absolute Gasteiger partial charge is 0.412 e. The van der Waals surface area contributed by atoms with Gasteiger partial charge in [-0.25, -0.2) is 0 Å². The maximum absolute atomic E-state index is 12.3. The lowest BCUT2D eigenvalue weighted by atomic mass is 9.96. The van der Waals surface area contributed by atoms with Crippen LogP contribution in [0, 0.1) is 11.3 Å². The molecular formula is C9H9F3. The van der Waals surface area contributed by atoms with E-state index >= 15 is 0 Å². The monoisotopic (exact) mass is 174 g/mol. The molecule has 0 saturated heterocycles. The molecule has 0 radical (unpaired) electrons. The molecule has 3 heteroatoms. The van der Waals surface area contributed by atoms with Crippen molar-refractivity contribution in [1.82, 2.24) is 0 Å². The Morgan fingerprint density at radius 2 is 2.17 bits per heavy atom. The van der Waals surface area contributed by atoms with Crippen LogP contribution in [0.5, 0.6) is 0 Å². The molecule has 0 aromatic carbocycles. The fourth-order valence-electron chi connectivity index (χ4n) is 1.81. The van der Waals surface area contributed by atoms with Gasteiger partial charge in [-0.05, 0) is 17.8 Å². The molecule has 2 unspecified atom stereocenters. The van der Waals surface area contributed by atoms with E-state index in [1.165, 1.54) is 12.2 Å². The van der Waals surface area contributed by atoms with Gasteiger partial charge in [0.1, 0.15) is 0 Å². The number of allylic oxidation sites excluding steroid dienone is 4. The maximum Gasteiger partial charge on any atom is 0.412 e. The average molecular weight is 174 g/mol. The van der Waals surface area contributed by atoms with Crippen LogP contribution in [0.15, 0.2) is 23.8 Å². The van der Waals surface area contributed by atoms with Gasteiger partial charge in [-0.1, -0.05) is 25.2 Å². The molecule has 0 heterocycles. The van der Waals surface area contributed by atoms with Crippen LogP contribution in [0.3, 0.4) is 0 Å². The number of alkyl halides is 3. The zero-order chi connectivity index (χ0) is 8.98. The summed E-state index contributed by atoms with van der Waals surface area (Å²) in [5.41, 5.74) is -0.549. The van der Waals surface area contributed by atoms with Crippen molar-refractivity contribution in [3.8, 4) is 0 Å². The van der Waals surface area contributed by atoms with Crippen LogP contribution in [0.1, 0.15) is 13.3 Å². The zero-order valence-corrected chi connectivity index (χ0v) is 6.65. The Labute approximate surface area is 68.8 Å². The summed E-state index contributed by atoms with van der Waals surface area (Å²) in [4.78, 5) is 0. The molecule has 0 nitrogen and oxygen atoms in total. The summed E-state index contributed by atoms with van der Waals surface area (Å²) in [7, 11) is 0. The molecule has 0 spiro atoms. The summed E-state index contributed by atoms with van der Waals surface area (Å²) in [5.74, 6) is -0.275. The van der Waals surface area contributed by atoms with Gasteiger partial charge >= 0.3 is 6.18 Å². The van der Waals surface area contributed by atoms with E-state index in [2.05, 4.69) is 0 Å². The van der Waals surface area contributed by atoms with Crippen molar-refractivity contribution in [2.45, 2.75) is 19.5 Å². The number of halogens is 3. The summed E-state index contributed by atoms with van der Waals surface area (Å²) in [6.07, 6.45) is 1.10. The van der Waals surface area contributed by atoms with Gasteiger partial charge in [0.05, 0.1) is 0 Å². The molecule has 1 fully saturated rings. The maximum atomic E-state index is 12.3. The number of hydrogen-bond donors (Lipinski definition) is 0. The molecule has 1 saturated carbocycles. The van der Waals surface area contributed by atoms with Gasteiger partial charge in [0.2, 0.25) is 0 Å². The van der Waals surface area contributed by atoms with Crippen LogP contribution in [0.25, 0.3) is 0 Å². The third kappa shape index (κ3) is 0.993. The van der Waals surface area contributed by atoms with Gasteiger partial charge in [0, 0.05) is 5.57 Å². The molecule has 2 atom stereocenters. The van der Waals surface area contributed by atoms with Crippen LogP contribution in [0.2, 0.25) is 0 Å². The third-order valence-electron chi connectivity index (χ3n) is 2.74. The van der Waals surface area contributed by atoms with E-state index in [0.29, 0.717) is 6.42 Å². The van der Waals surface area contributed by atoms with Crippen molar-refractivity contribution in [2.75, 3.05) is 0 Å². The Morgan fingerprint density at radius 3 is 2.67 bits per heavy atom. The first-order valence-electron chi connectivity index (χ1n) is 3.90. The minimum atomic E-state index is -4.13. The van der Waals surface area contributed by atoms with Crippen LogP contribution in [0.4, 0.5) is 13.2 Å². The highest BCUT2D eigenvalue weighted by atomic mass is 19.4. The minimum Gasteiger partial charge on any atom is -0.166 e. The number of hydrogen-bond acceptors (Lipinski definition) is 0. The number of rotatable bonds is 0. The Balaban J connectivity index is 2.30. The van der Waals surface area contributed by atoms with E-state index in [4.69, 9.17) is 0 Å². The molecule has 0 aromatic heterocycles. The molecule has 0 amide bonds. The van der Waals surface area contributed by atoms with Crippen LogP contribution in [-0.4, -0.2) is 6.18 Å². The minimum absolute atomic E-state index is 0.195. The lowest BCUT2D eigenvalue weighted by Gasteiger charge is -2.15. The van der Waals surface area contributed by atoms with Gasteiger partial charge in [0.15, 0.2) is 0 Å². The average Bonchev–Trinajstić information content (AvgIpc) is 2.56. The quantitative estimate of drug-likeness (QED) is 0.529. The first kappa shape index (κ1) is 7.90. The number of fused-ring (bicyclic) bond motifs is 1. The molecule has 0 aliphatic heterocycles. The smallest absolute Gasteiger partial charge is 0.166 e. The van der Waals surface area contributed by atoms with E-state index in [1.807, 2.05) is 13.0 Å². The van der Waals surface area contributed by atoms with E-state index in [-0.39, 0.29) is 16.9 Å². The predicted octanol–water partition coefficient (Wildman–Crippen LogP) is 3.07. The first-order chi connectivity index (χ1) is 5.43. The van der Waals surface area contributed by atoms with Gasteiger partial charge in [-0.3, -0.25) is 0 Å². The second-order valence-corrected chi connectivity index (χ2v) is 3.74. The normalized spacial score (nSPS) is 39.0. The second kappa shape index (κ2) is 1.95.